The minimum Gasteiger partial charge on any atom is -0.310 e. The lowest BCUT2D eigenvalue weighted by atomic mass is 10.3. The largest absolute Gasteiger partial charge is 0.310 e. The predicted molar refractivity (Wildman–Crippen MR) is 63.7 cm³/mol. The molecule has 78 valence electrons. The summed E-state index contributed by atoms with van der Waals surface area (Å²) in [6, 6.07) is 6.13. The Morgan fingerprint density at radius 1 is 1.50 bits per heavy atom. The smallest absolute Gasteiger partial charge is 0.0544 e. The number of hydrogen-bond acceptors (Lipinski definition) is 3. The van der Waals surface area contributed by atoms with Gasteiger partial charge in [0.15, 0.2) is 0 Å². The van der Waals surface area contributed by atoms with E-state index in [9.17, 15) is 0 Å². The van der Waals surface area contributed by atoms with Gasteiger partial charge < -0.3 is 5.32 Å². The summed E-state index contributed by atoms with van der Waals surface area (Å²) < 4.78 is 0. The summed E-state index contributed by atoms with van der Waals surface area (Å²) in [5.74, 6) is 0. The van der Waals surface area contributed by atoms with Gasteiger partial charge in [-0.15, -0.1) is 0 Å². The van der Waals surface area contributed by atoms with Gasteiger partial charge >= 0.3 is 0 Å². The van der Waals surface area contributed by atoms with E-state index >= 15 is 0 Å². The second kappa shape index (κ2) is 6.04. The highest BCUT2D eigenvalue weighted by molar-refractivity contribution is 7.99. The summed E-state index contributed by atoms with van der Waals surface area (Å²) in [6.07, 6.45) is 2.14. The van der Waals surface area contributed by atoms with Crippen LogP contribution >= 0.6 is 11.8 Å². The minimum absolute atomic E-state index is 0.666. The third kappa shape index (κ3) is 4.11. The molecule has 1 atom stereocenters. The zero-order chi connectivity index (χ0) is 10.4. The summed E-state index contributed by atoms with van der Waals surface area (Å²) >= 11 is 1.88. The van der Waals surface area contributed by atoms with Crippen molar-refractivity contribution in [1.29, 1.82) is 0 Å². The molecule has 3 heteroatoms. The third-order valence-electron chi connectivity index (χ3n) is 2.09. The van der Waals surface area contributed by atoms with E-state index in [0.29, 0.717) is 5.25 Å². The van der Waals surface area contributed by atoms with Crippen LogP contribution in [0.25, 0.3) is 0 Å². The molecule has 1 aromatic rings. The van der Waals surface area contributed by atoms with Crippen LogP contribution in [-0.4, -0.2) is 23.0 Å². The molecule has 0 amide bonds. The fourth-order valence-electron chi connectivity index (χ4n) is 1.18. The number of nitrogens with one attached hydrogen (secondary N) is 1. The molecule has 0 saturated heterocycles. The first-order chi connectivity index (χ1) is 6.72. The number of pyridine rings is 1. The van der Waals surface area contributed by atoms with Crippen molar-refractivity contribution in [3.63, 3.8) is 0 Å². The van der Waals surface area contributed by atoms with Gasteiger partial charge in [0.25, 0.3) is 0 Å². The Hall–Kier alpha value is -0.540. The predicted octanol–water partition coefficient (Wildman–Crippen LogP) is 2.23. The lowest BCUT2D eigenvalue weighted by molar-refractivity contribution is 0.671. The lowest BCUT2D eigenvalue weighted by Gasteiger charge is -2.09. The van der Waals surface area contributed by atoms with Gasteiger partial charge in [-0.25, -0.2) is 0 Å². The maximum absolute atomic E-state index is 4.43. The highest BCUT2D eigenvalue weighted by atomic mass is 32.2. The molecule has 14 heavy (non-hydrogen) atoms. The SMILES string of the molecule is CSC(C)CNCc1cccc(C)n1. The Morgan fingerprint density at radius 2 is 2.29 bits per heavy atom. The van der Waals surface area contributed by atoms with Gasteiger partial charge in [-0.2, -0.15) is 11.8 Å². The Bertz CT molecular complexity index is 276. The number of aromatic nitrogens is 1. The van der Waals surface area contributed by atoms with Crippen molar-refractivity contribution in [3.8, 4) is 0 Å². The molecule has 1 unspecified atom stereocenters. The second-order valence-electron chi connectivity index (χ2n) is 3.45. The molecule has 1 N–H and O–H groups in total. The topological polar surface area (TPSA) is 24.9 Å². The van der Waals surface area contributed by atoms with E-state index in [1.807, 2.05) is 24.8 Å². The Morgan fingerprint density at radius 3 is 2.93 bits per heavy atom. The third-order valence-corrected chi connectivity index (χ3v) is 3.06. The quantitative estimate of drug-likeness (QED) is 0.806. The van der Waals surface area contributed by atoms with Crippen LogP contribution in [0.2, 0.25) is 0 Å². The van der Waals surface area contributed by atoms with Crippen LogP contribution in [-0.2, 0) is 6.54 Å². The standard InChI is InChI=1S/C11H18N2S/c1-9-5-4-6-11(13-9)8-12-7-10(2)14-3/h4-6,10,12H,7-8H2,1-3H3. The monoisotopic (exact) mass is 210 g/mol. The van der Waals surface area contributed by atoms with Gasteiger partial charge in [0.05, 0.1) is 5.69 Å². The molecule has 0 aromatic carbocycles. The van der Waals surface area contributed by atoms with Crippen LogP contribution in [0.3, 0.4) is 0 Å². The van der Waals surface area contributed by atoms with E-state index in [0.717, 1.165) is 24.5 Å². The molecule has 1 heterocycles. The summed E-state index contributed by atoms with van der Waals surface area (Å²) in [6.45, 7) is 6.15. The summed E-state index contributed by atoms with van der Waals surface area (Å²) in [5.41, 5.74) is 2.21. The van der Waals surface area contributed by atoms with Crippen molar-refractivity contribution in [3.05, 3.63) is 29.6 Å². The van der Waals surface area contributed by atoms with Crippen molar-refractivity contribution < 1.29 is 0 Å². The zero-order valence-corrected chi connectivity index (χ0v) is 9.90. The summed E-state index contributed by atoms with van der Waals surface area (Å²) in [4.78, 5) is 4.43. The second-order valence-corrected chi connectivity index (χ2v) is 4.72. The molecule has 0 bridgehead atoms. The maximum atomic E-state index is 4.43. The molecular weight excluding hydrogens is 192 g/mol. The van der Waals surface area contributed by atoms with E-state index in [1.54, 1.807) is 0 Å². The molecule has 1 rings (SSSR count). The Labute approximate surface area is 90.5 Å². The Balaban J connectivity index is 2.31. The average Bonchev–Trinajstić information content (AvgIpc) is 2.17. The van der Waals surface area contributed by atoms with Crippen LogP contribution < -0.4 is 5.32 Å². The van der Waals surface area contributed by atoms with Crippen LogP contribution in [0.15, 0.2) is 18.2 Å². The summed E-state index contributed by atoms with van der Waals surface area (Å²) in [5, 5.41) is 4.06. The molecule has 1 aromatic heterocycles. The molecular formula is C11H18N2S. The van der Waals surface area contributed by atoms with E-state index < -0.39 is 0 Å². The molecule has 2 nitrogen and oxygen atoms in total. The van der Waals surface area contributed by atoms with Crippen LogP contribution in [0.5, 0.6) is 0 Å². The minimum atomic E-state index is 0.666. The van der Waals surface area contributed by atoms with E-state index in [2.05, 4.69) is 35.6 Å². The molecule has 0 aliphatic carbocycles. The number of aryl methyl sites for hydroxylation is 1. The highest BCUT2D eigenvalue weighted by Crippen LogP contribution is 2.03. The van der Waals surface area contributed by atoms with Crippen molar-refractivity contribution in [2.24, 2.45) is 0 Å². The average molecular weight is 210 g/mol. The summed E-state index contributed by atoms with van der Waals surface area (Å²) in [7, 11) is 0. The number of hydrogen-bond donors (Lipinski definition) is 1. The Kier molecular flexibility index (Phi) is 4.98. The van der Waals surface area contributed by atoms with Crippen molar-refractivity contribution in [1.82, 2.24) is 10.3 Å². The van der Waals surface area contributed by atoms with Crippen molar-refractivity contribution >= 4 is 11.8 Å². The van der Waals surface area contributed by atoms with E-state index in [-0.39, 0.29) is 0 Å². The van der Waals surface area contributed by atoms with Crippen LogP contribution in [0.4, 0.5) is 0 Å². The van der Waals surface area contributed by atoms with Crippen molar-refractivity contribution in [2.75, 3.05) is 12.8 Å². The fraction of sp³-hybridized carbons (Fsp3) is 0.545. The van der Waals surface area contributed by atoms with Gasteiger partial charge in [0.1, 0.15) is 0 Å². The fourth-order valence-corrected chi connectivity index (χ4v) is 1.47. The van der Waals surface area contributed by atoms with Gasteiger partial charge in [-0.05, 0) is 25.3 Å². The van der Waals surface area contributed by atoms with Gasteiger partial charge in [0.2, 0.25) is 0 Å². The molecule has 0 spiro atoms. The maximum Gasteiger partial charge on any atom is 0.0544 e. The lowest BCUT2D eigenvalue weighted by Crippen LogP contribution is -2.22. The van der Waals surface area contributed by atoms with Crippen LogP contribution in [0.1, 0.15) is 18.3 Å². The van der Waals surface area contributed by atoms with Crippen molar-refractivity contribution in [2.45, 2.75) is 25.6 Å². The molecule has 0 saturated carbocycles. The first kappa shape index (κ1) is 11.5. The number of rotatable bonds is 5. The number of thioether (sulfide) groups is 1. The van der Waals surface area contributed by atoms with Gasteiger partial charge in [0, 0.05) is 24.0 Å². The highest BCUT2D eigenvalue weighted by Gasteiger charge is 1.99. The van der Waals surface area contributed by atoms with E-state index in [1.165, 1.54) is 0 Å². The zero-order valence-electron chi connectivity index (χ0n) is 9.08. The van der Waals surface area contributed by atoms with Gasteiger partial charge in [-0.1, -0.05) is 13.0 Å². The molecule has 0 radical (unpaired) electrons. The molecule has 0 aliphatic heterocycles. The normalized spacial score (nSPS) is 12.8. The number of nitrogens with zero attached hydrogens (tertiary/aromatic N) is 1. The van der Waals surface area contributed by atoms with E-state index in [4.69, 9.17) is 0 Å². The first-order valence-corrected chi connectivity index (χ1v) is 6.17. The molecule has 0 fully saturated rings. The first-order valence-electron chi connectivity index (χ1n) is 4.88. The molecule has 0 aliphatic rings. The van der Waals surface area contributed by atoms with Crippen LogP contribution in [0, 0.1) is 6.92 Å². The van der Waals surface area contributed by atoms with Gasteiger partial charge in [-0.3, -0.25) is 4.98 Å².